The third-order valence-corrected chi connectivity index (χ3v) is 3.99. The minimum absolute atomic E-state index is 0.240. The van der Waals surface area contributed by atoms with E-state index in [-0.39, 0.29) is 5.82 Å². The Hall–Kier alpha value is -2.14. The maximum absolute atomic E-state index is 13.2. The fourth-order valence-electron chi connectivity index (χ4n) is 2.28. The Morgan fingerprint density at radius 2 is 1.77 bits per heavy atom. The van der Waals surface area contributed by atoms with E-state index in [2.05, 4.69) is 16.3 Å². The Labute approximate surface area is 133 Å². The van der Waals surface area contributed by atoms with Gasteiger partial charge in [-0.15, -0.1) is 0 Å². The number of pyridine rings is 1. The van der Waals surface area contributed by atoms with E-state index in [0.29, 0.717) is 0 Å². The van der Waals surface area contributed by atoms with Gasteiger partial charge in [-0.3, -0.25) is 9.67 Å². The van der Waals surface area contributed by atoms with Crippen LogP contribution in [-0.2, 0) is 6.54 Å². The monoisotopic (exact) mass is 313 g/mol. The molecule has 5 heteroatoms. The number of aromatic nitrogens is 3. The molecule has 0 atom stereocenters. The summed E-state index contributed by atoms with van der Waals surface area (Å²) in [5.74, 6) is 0.761. The molecule has 22 heavy (non-hydrogen) atoms. The summed E-state index contributed by atoms with van der Waals surface area (Å²) in [4.78, 5) is 4.06. The van der Waals surface area contributed by atoms with Crippen LogP contribution >= 0.6 is 11.8 Å². The molecule has 0 bridgehead atoms. The van der Waals surface area contributed by atoms with Crippen LogP contribution in [0.3, 0.4) is 0 Å². The van der Waals surface area contributed by atoms with Crippen LogP contribution in [0, 0.1) is 5.82 Å². The number of hydrogen-bond donors (Lipinski definition) is 0. The molecule has 0 N–H and O–H groups in total. The van der Waals surface area contributed by atoms with Crippen molar-refractivity contribution >= 4 is 11.8 Å². The standard InChI is InChI=1S/C17H16FN3S/c1-22-11-10-21-12-16(13-6-8-19-9-7-13)17(20-21)14-2-4-15(18)5-3-14/h2-9,12H,10-11H2,1H3. The second-order valence-electron chi connectivity index (χ2n) is 4.89. The molecule has 0 saturated carbocycles. The van der Waals surface area contributed by atoms with Gasteiger partial charge in [0.05, 0.1) is 0 Å². The van der Waals surface area contributed by atoms with Crippen LogP contribution < -0.4 is 0 Å². The zero-order valence-corrected chi connectivity index (χ0v) is 13.1. The zero-order valence-electron chi connectivity index (χ0n) is 12.2. The molecule has 0 spiro atoms. The van der Waals surface area contributed by atoms with Crippen LogP contribution in [0.1, 0.15) is 0 Å². The Morgan fingerprint density at radius 3 is 2.45 bits per heavy atom. The van der Waals surface area contributed by atoms with E-state index in [1.807, 2.05) is 23.0 Å². The molecule has 112 valence electrons. The van der Waals surface area contributed by atoms with Gasteiger partial charge in [-0.25, -0.2) is 4.39 Å². The highest BCUT2D eigenvalue weighted by Crippen LogP contribution is 2.30. The van der Waals surface area contributed by atoms with E-state index < -0.39 is 0 Å². The molecular weight excluding hydrogens is 297 g/mol. The topological polar surface area (TPSA) is 30.7 Å². The molecule has 3 nitrogen and oxygen atoms in total. The second-order valence-corrected chi connectivity index (χ2v) is 5.88. The van der Waals surface area contributed by atoms with Crippen molar-refractivity contribution in [1.82, 2.24) is 14.8 Å². The van der Waals surface area contributed by atoms with Crippen LogP contribution in [0.5, 0.6) is 0 Å². The van der Waals surface area contributed by atoms with Gasteiger partial charge in [0.1, 0.15) is 11.5 Å². The van der Waals surface area contributed by atoms with Crippen molar-refractivity contribution < 1.29 is 4.39 Å². The van der Waals surface area contributed by atoms with Crippen molar-refractivity contribution in [1.29, 1.82) is 0 Å². The minimum atomic E-state index is -0.240. The minimum Gasteiger partial charge on any atom is -0.271 e. The molecular formula is C17H16FN3S. The van der Waals surface area contributed by atoms with Crippen molar-refractivity contribution in [2.24, 2.45) is 0 Å². The Balaban J connectivity index is 2.06. The summed E-state index contributed by atoms with van der Waals surface area (Å²) in [7, 11) is 0. The predicted octanol–water partition coefficient (Wildman–Crippen LogP) is 4.11. The molecule has 0 aliphatic carbocycles. The molecule has 2 heterocycles. The van der Waals surface area contributed by atoms with E-state index in [4.69, 9.17) is 0 Å². The lowest BCUT2D eigenvalue weighted by Crippen LogP contribution is -2.00. The SMILES string of the molecule is CSCCn1cc(-c2ccncc2)c(-c2ccc(F)cc2)n1. The normalized spacial score (nSPS) is 10.8. The number of rotatable bonds is 5. The number of nitrogens with zero attached hydrogens (tertiary/aromatic N) is 3. The summed E-state index contributed by atoms with van der Waals surface area (Å²) in [6, 6.07) is 10.4. The molecule has 3 aromatic rings. The fraction of sp³-hybridized carbons (Fsp3) is 0.176. The highest BCUT2D eigenvalue weighted by atomic mass is 32.2. The molecule has 0 saturated heterocycles. The molecule has 0 aliphatic heterocycles. The average Bonchev–Trinajstić information content (AvgIpc) is 2.98. The highest BCUT2D eigenvalue weighted by molar-refractivity contribution is 7.98. The lowest BCUT2D eigenvalue weighted by atomic mass is 10.0. The second kappa shape index (κ2) is 6.75. The number of aryl methyl sites for hydroxylation is 1. The highest BCUT2D eigenvalue weighted by Gasteiger charge is 2.13. The summed E-state index contributed by atoms with van der Waals surface area (Å²) in [5, 5.41) is 4.68. The fourth-order valence-corrected chi connectivity index (χ4v) is 2.65. The Bertz CT molecular complexity index is 738. The lowest BCUT2D eigenvalue weighted by Gasteiger charge is -2.02. The summed E-state index contributed by atoms with van der Waals surface area (Å²) in [5.41, 5.74) is 3.88. The van der Waals surface area contributed by atoms with Crippen LogP contribution in [0.2, 0.25) is 0 Å². The van der Waals surface area contributed by atoms with Crippen molar-refractivity contribution in [2.75, 3.05) is 12.0 Å². The molecule has 0 fully saturated rings. The van der Waals surface area contributed by atoms with Crippen LogP contribution in [0.15, 0.2) is 55.0 Å². The molecule has 3 rings (SSSR count). The van der Waals surface area contributed by atoms with Crippen molar-refractivity contribution in [3.05, 3.63) is 60.8 Å². The van der Waals surface area contributed by atoms with Crippen LogP contribution in [-0.4, -0.2) is 26.8 Å². The Kier molecular flexibility index (Phi) is 4.53. The van der Waals surface area contributed by atoms with Crippen molar-refractivity contribution in [3.8, 4) is 22.4 Å². The first-order valence-electron chi connectivity index (χ1n) is 7.00. The van der Waals surface area contributed by atoms with E-state index in [0.717, 1.165) is 34.7 Å². The maximum Gasteiger partial charge on any atom is 0.123 e. The molecule has 2 aromatic heterocycles. The summed E-state index contributed by atoms with van der Waals surface area (Å²) in [6.45, 7) is 0.848. The van der Waals surface area contributed by atoms with Gasteiger partial charge in [-0.2, -0.15) is 16.9 Å². The summed E-state index contributed by atoms with van der Waals surface area (Å²) in [6.07, 6.45) is 7.66. The summed E-state index contributed by atoms with van der Waals surface area (Å²) >= 11 is 1.78. The van der Waals surface area contributed by atoms with Crippen molar-refractivity contribution in [3.63, 3.8) is 0 Å². The number of hydrogen-bond acceptors (Lipinski definition) is 3. The lowest BCUT2D eigenvalue weighted by molar-refractivity contribution is 0.628. The predicted molar refractivity (Wildman–Crippen MR) is 89.2 cm³/mol. The van der Waals surface area contributed by atoms with E-state index >= 15 is 0 Å². The van der Waals surface area contributed by atoms with Gasteiger partial charge in [-0.05, 0) is 48.2 Å². The van der Waals surface area contributed by atoms with Gasteiger partial charge < -0.3 is 0 Å². The molecule has 0 radical (unpaired) electrons. The third-order valence-electron chi connectivity index (χ3n) is 3.40. The molecule has 0 unspecified atom stereocenters. The van der Waals surface area contributed by atoms with E-state index in [1.165, 1.54) is 12.1 Å². The van der Waals surface area contributed by atoms with Gasteiger partial charge in [-0.1, -0.05) is 0 Å². The van der Waals surface area contributed by atoms with Gasteiger partial charge in [0.2, 0.25) is 0 Å². The smallest absolute Gasteiger partial charge is 0.123 e. The maximum atomic E-state index is 13.2. The van der Waals surface area contributed by atoms with Crippen LogP contribution in [0.4, 0.5) is 4.39 Å². The molecule has 0 aliphatic rings. The quantitative estimate of drug-likeness (QED) is 0.710. The van der Waals surface area contributed by atoms with Crippen LogP contribution in [0.25, 0.3) is 22.4 Å². The Morgan fingerprint density at radius 1 is 1.05 bits per heavy atom. The van der Waals surface area contributed by atoms with Gasteiger partial charge in [0.25, 0.3) is 0 Å². The van der Waals surface area contributed by atoms with Gasteiger partial charge in [0.15, 0.2) is 0 Å². The first kappa shape index (κ1) is 14.8. The number of halogens is 1. The van der Waals surface area contributed by atoms with E-state index in [1.54, 1.807) is 36.3 Å². The zero-order chi connectivity index (χ0) is 15.4. The number of benzene rings is 1. The molecule has 0 amide bonds. The first-order chi connectivity index (χ1) is 10.8. The average molecular weight is 313 g/mol. The number of thioether (sulfide) groups is 1. The first-order valence-corrected chi connectivity index (χ1v) is 8.40. The summed E-state index contributed by atoms with van der Waals surface area (Å²) < 4.78 is 15.1. The largest absolute Gasteiger partial charge is 0.271 e. The van der Waals surface area contributed by atoms with Crippen molar-refractivity contribution in [2.45, 2.75) is 6.54 Å². The van der Waals surface area contributed by atoms with Gasteiger partial charge in [0, 0.05) is 42.0 Å². The molecule has 1 aromatic carbocycles. The third kappa shape index (κ3) is 3.20. The van der Waals surface area contributed by atoms with Gasteiger partial charge >= 0.3 is 0 Å². The van der Waals surface area contributed by atoms with E-state index in [9.17, 15) is 4.39 Å².